The monoisotopic (exact) mass is 248 g/mol. The molecule has 0 bridgehead atoms. The molecule has 1 rings (SSSR count). The lowest BCUT2D eigenvalue weighted by molar-refractivity contribution is -0.120. The predicted molar refractivity (Wildman–Crippen MR) is 76.8 cm³/mol. The van der Waals surface area contributed by atoms with Crippen LogP contribution in [0.15, 0.2) is 24.3 Å². The van der Waals surface area contributed by atoms with Crippen LogP contribution in [0.1, 0.15) is 39.2 Å². The summed E-state index contributed by atoms with van der Waals surface area (Å²) in [6, 6.07) is 8.29. The third-order valence-corrected chi connectivity index (χ3v) is 2.63. The first-order valence-corrected chi connectivity index (χ1v) is 6.74. The molecule has 0 saturated heterocycles. The molecule has 0 spiro atoms. The van der Waals surface area contributed by atoms with Crippen molar-refractivity contribution in [3.8, 4) is 0 Å². The van der Waals surface area contributed by atoms with Crippen LogP contribution in [0.4, 0.5) is 5.69 Å². The number of anilines is 1. The molecule has 0 aliphatic heterocycles. The number of amides is 1. The summed E-state index contributed by atoms with van der Waals surface area (Å²) in [5, 5.41) is 6.25. The highest BCUT2D eigenvalue weighted by atomic mass is 16.1. The molecule has 0 atom stereocenters. The summed E-state index contributed by atoms with van der Waals surface area (Å²) in [6.07, 6.45) is 2.83. The lowest BCUT2D eigenvalue weighted by Crippen LogP contribution is -2.31. The molecule has 18 heavy (non-hydrogen) atoms. The van der Waals surface area contributed by atoms with Crippen molar-refractivity contribution in [1.82, 2.24) is 5.32 Å². The fourth-order valence-corrected chi connectivity index (χ4v) is 1.71. The van der Waals surface area contributed by atoms with E-state index in [4.69, 9.17) is 0 Å². The topological polar surface area (TPSA) is 41.1 Å². The fraction of sp³-hybridized carbons (Fsp3) is 0.533. The quantitative estimate of drug-likeness (QED) is 0.728. The normalized spacial score (nSPS) is 10.4. The summed E-state index contributed by atoms with van der Waals surface area (Å²) in [5.41, 5.74) is 2.17. The molecule has 0 heterocycles. The Hall–Kier alpha value is -1.51. The molecule has 0 unspecified atom stereocenters. The van der Waals surface area contributed by atoms with Crippen LogP contribution in [-0.2, 0) is 11.2 Å². The van der Waals surface area contributed by atoms with E-state index in [0.717, 1.165) is 17.8 Å². The van der Waals surface area contributed by atoms with E-state index in [2.05, 4.69) is 17.6 Å². The van der Waals surface area contributed by atoms with E-state index in [1.807, 2.05) is 38.1 Å². The summed E-state index contributed by atoms with van der Waals surface area (Å²) in [7, 11) is 0. The van der Waals surface area contributed by atoms with Crippen LogP contribution < -0.4 is 10.6 Å². The Morgan fingerprint density at radius 1 is 1.22 bits per heavy atom. The Morgan fingerprint density at radius 2 is 1.89 bits per heavy atom. The van der Waals surface area contributed by atoms with Gasteiger partial charge < -0.3 is 10.6 Å². The minimum Gasteiger partial charge on any atom is -0.385 e. The molecule has 1 aromatic carbocycles. The summed E-state index contributed by atoms with van der Waals surface area (Å²) in [6.45, 7) is 7.12. The molecule has 0 saturated carbocycles. The minimum atomic E-state index is 0.0803. The molecule has 0 aliphatic rings. The van der Waals surface area contributed by atoms with Crippen LogP contribution in [0, 0.1) is 0 Å². The number of hydrogen-bond donors (Lipinski definition) is 2. The van der Waals surface area contributed by atoms with Crippen molar-refractivity contribution >= 4 is 11.6 Å². The van der Waals surface area contributed by atoms with Gasteiger partial charge in [0.15, 0.2) is 0 Å². The molecule has 3 heteroatoms. The first-order chi connectivity index (χ1) is 8.61. The molecule has 1 amide bonds. The number of hydrogen-bond acceptors (Lipinski definition) is 2. The number of nitrogens with one attached hydrogen (secondary N) is 2. The Balaban J connectivity index is 2.42. The molecular formula is C15H24N2O. The largest absolute Gasteiger partial charge is 0.385 e. The Labute approximate surface area is 110 Å². The predicted octanol–water partition coefficient (Wildman–Crippen LogP) is 2.97. The van der Waals surface area contributed by atoms with Crippen LogP contribution in [0.3, 0.4) is 0 Å². The molecule has 0 fully saturated rings. The Bertz CT molecular complexity index is 357. The SMILES string of the molecule is CCCCNc1ccc(CC(=O)NC(C)C)cc1. The molecular weight excluding hydrogens is 224 g/mol. The fourth-order valence-electron chi connectivity index (χ4n) is 1.71. The third kappa shape index (κ3) is 5.71. The van der Waals surface area contributed by atoms with Gasteiger partial charge in [0.1, 0.15) is 0 Å². The highest BCUT2D eigenvalue weighted by molar-refractivity contribution is 5.78. The second-order valence-corrected chi connectivity index (χ2v) is 4.88. The van der Waals surface area contributed by atoms with E-state index >= 15 is 0 Å². The Morgan fingerprint density at radius 3 is 2.44 bits per heavy atom. The van der Waals surface area contributed by atoms with Gasteiger partial charge in [-0.3, -0.25) is 4.79 Å². The van der Waals surface area contributed by atoms with Crippen LogP contribution in [0.2, 0.25) is 0 Å². The van der Waals surface area contributed by atoms with Crippen molar-refractivity contribution in [2.75, 3.05) is 11.9 Å². The van der Waals surface area contributed by atoms with Gasteiger partial charge >= 0.3 is 0 Å². The summed E-state index contributed by atoms with van der Waals surface area (Å²) < 4.78 is 0. The maximum Gasteiger partial charge on any atom is 0.224 e. The average molecular weight is 248 g/mol. The highest BCUT2D eigenvalue weighted by Gasteiger charge is 2.04. The first-order valence-electron chi connectivity index (χ1n) is 6.74. The maximum atomic E-state index is 11.6. The number of unbranched alkanes of at least 4 members (excludes halogenated alkanes) is 1. The van der Waals surface area contributed by atoms with Gasteiger partial charge in [0, 0.05) is 18.3 Å². The van der Waals surface area contributed by atoms with Crippen molar-refractivity contribution in [2.45, 2.75) is 46.1 Å². The van der Waals surface area contributed by atoms with Gasteiger partial charge in [0.25, 0.3) is 0 Å². The molecule has 0 aromatic heterocycles. The molecule has 3 nitrogen and oxygen atoms in total. The zero-order valence-corrected chi connectivity index (χ0v) is 11.6. The van der Waals surface area contributed by atoms with Gasteiger partial charge in [0.2, 0.25) is 5.91 Å². The third-order valence-electron chi connectivity index (χ3n) is 2.63. The number of benzene rings is 1. The number of carbonyl (C=O) groups excluding carboxylic acids is 1. The van der Waals surface area contributed by atoms with E-state index in [0.29, 0.717) is 6.42 Å². The van der Waals surface area contributed by atoms with Crippen LogP contribution >= 0.6 is 0 Å². The lowest BCUT2D eigenvalue weighted by Gasteiger charge is -2.09. The van der Waals surface area contributed by atoms with Crippen molar-refractivity contribution in [1.29, 1.82) is 0 Å². The van der Waals surface area contributed by atoms with Gasteiger partial charge in [-0.05, 0) is 38.0 Å². The van der Waals surface area contributed by atoms with Gasteiger partial charge in [-0.25, -0.2) is 0 Å². The van der Waals surface area contributed by atoms with Crippen molar-refractivity contribution in [3.63, 3.8) is 0 Å². The van der Waals surface area contributed by atoms with Crippen LogP contribution in [-0.4, -0.2) is 18.5 Å². The first kappa shape index (κ1) is 14.6. The summed E-state index contributed by atoms with van der Waals surface area (Å²) >= 11 is 0. The van der Waals surface area contributed by atoms with Crippen molar-refractivity contribution in [3.05, 3.63) is 29.8 Å². The standard InChI is InChI=1S/C15H24N2O/c1-4-5-10-16-14-8-6-13(7-9-14)11-15(18)17-12(2)3/h6-9,12,16H,4-5,10-11H2,1-3H3,(H,17,18). The minimum absolute atomic E-state index is 0.0803. The summed E-state index contributed by atoms with van der Waals surface area (Å²) in [5.74, 6) is 0.0803. The molecule has 0 aliphatic carbocycles. The number of rotatable bonds is 7. The molecule has 100 valence electrons. The van der Waals surface area contributed by atoms with Crippen molar-refractivity contribution in [2.24, 2.45) is 0 Å². The zero-order chi connectivity index (χ0) is 13.4. The van der Waals surface area contributed by atoms with Crippen LogP contribution in [0.25, 0.3) is 0 Å². The van der Waals surface area contributed by atoms with E-state index < -0.39 is 0 Å². The van der Waals surface area contributed by atoms with Gasteiger partial charge in [0.05, 0.1) is 6.42 Å². The second-order valence-electron chi connectivity index (χ2n) is 4.88. The molecule has 1 aromatic rings. The van der Waals surface area contributed by atoms with E-state index in [1.165, 1.54) is 12.8 Å². The van der Waals surface area contributed by atoms with Crippen molar-refractivity contribution < 1.29 is 4.79 Å². The van der Waals surface area contributed by atoms with Crippen LogP contribution in [0.5, 0.6) is 0 Å². The van der Waals surface area contributed by atoms with Gasteiger partial charge in [-0.15, -0.1) is 0 Å². The average Bonchev–Trinajstić information content (AvgIpc) is 2.30. The molecule has 0 radical (unpaired) electrons. The van der Waals surface area contributed by atoms with Gasteiger partial charge in [-0.2, -0.15) is 0 Å². The lowest BCUT2D eigenvalue weighted by atomic mass is 10.1. The van der Waals surface area contributed by atoms with E-state index in [9.17, 15) is 4.79 Å². The van der Waals surface area contributed by atoms with E-state index in [-0.39, 0.29) is 11.9 Å². The van der Waals surface area contributed by atoms with Gasteiger partial charge in [-0.1, -0.05) is 25.5 Å². The number of carbonyl (C=O) groups is 1. The summed E-state index contributed by atoms with van der Waals surface area (Å²) in [4.78, 5) is 11.6. The Kier molecular flexibility index (Phi) is 6.26. The van der Waals surface area contributed by atoms with E-state index in [1.54, 1.807) is 0 Å². The second kappa shape index (κ2) is 7.75. The highest BCUT2D eigenvalue weighted by Crippen LogP contribution is 2.10. The molecule has 2 N–H and O–H groups in total. The maximum absolute atomic E-state index is 11.6. The smallest absolute Gasteiger partial charge is 0.224 e. The zero-order valence-electron chi connectivity index (χ0n) is 11.6.